The molecule has 0 spiro atoms. The molecule has 0 atom stereocenters. The third-order valence-electron chi connectivity index (χ3n) is 3.72. The molecule has 1 aromatic carbocycles. The number of hydrogen-bond acceptors (Lipinski definition) is 2. The fourth-order valence-corrected chi connectivity index (χ4v) is 2.97. The standard InChI is InChI=1S/C15H14ClFN2O/c16-12-7-10(17)5-6-11(12)15-18-13(8-14(20)19-15)9-3-1-2-4-9/h5-9H,1-4H2,(H,18,19,20). The van der Waals surface area contributed by atoms with Gasteiger partial charge in [0.05, 0.1) is 10.7 Å². The van der Waals surface area contributed by atoms with Crippen LogP contribution in [0.1, 0.15) is 37.3 Å². The van der Waals surface area contributed by atoms with Gasteiger partial charge in [-0.3, -0.25) is 4.79 Å². The molecule has 0 bridgehead atoms. The molecule has 3 nitrogen and oxygen atoms in total. The Morgan fingerprint density at radius 3 is 2.70 bits per heavy atom. The molecule has 2 aromatic rings. The lowest BCUT2D eigenvalue weighted by Crippen LogP contribution is -2.12. The summed E-state index contributed by atoms with van der Waals surface area (Å²) in [6.07, 6.45) is 4.47. The fraction of sp³-hybridized carbons (Fsp3) is 0.333. The van der Waals surface area contributed by atoms with Gasteiger partial charge in [0.1, 0.15) is 11.6 Å². The van der Waals surface area contributed by atoms with Crippen molar-refractivity contribution in [3.8, 4) is 11.4 Å². The van der Waals surface area contributed by atoms with Gasteiger partial charge in [0.25, 0.3) is 5.56 Å². The Hall–Kier alpha value is -1.68. The van der Waals surface area contributed by atoms with Crippen molar-refractivity contribution in [2.45, 2.75) is 31.6 Å². The Kier molecular flexibility index (Phi) is 3.57. The summed E-state index contributed by atoms with van der Waals surface area (Å²) in [6, 6.07) is 5.62. The van der Waals surface area contributed by atoms with Gasteiger partial charge in [0.15, 0.2) is 0 Å². The Morgan fingerprint density at radius 1 is 1.25 bits per heavy atom. The van der Waals surface area contributed by atoms with Crippen molar-refractivity contribution >= 4 is 11.6 Å². The zero-order chi connectivity index (χ0) is 14.1. The molecule has 1 aromatic heterocycles. The predicted octanol–water partition coefficient (Wildman–Crippen LogP) is 3.89. The summed E-state index contributed by atoms with van der Waals surface area (Å²) in [6.45, 7) is 0. The zero-order valence-electron chi connectivity index (χ0n) is 10.8. The molecule has 1 aliphatic carbocycles. The summed E-state index contributed by atoms with van der Waals surface area (Å²) < 4.78 is 13.1. The van der Waals surface area contributed by atoms with E-state index in [4.69, 9.17) is 11.6 Å². The summed E-state index contributed by atoms with van der Waals surface area (Å²) in [5, 5.41) is 0.247. The quantitative estimate of drug-likeness (QED) is 0.913. The first-order valence-corrected chi connectivity index (χ1v) is 7.08. The van der Waals surface area contributed by atoms with Crippen molar-refractivity contribution in [2.24, 2.45) is 0 Å². The molecule has 1 fully saturated rings. The van der Waals surface area contributed by atoms with E-state index in [1.165, 1.54) is 31.0 Å². The molecule has 1 N–H and O–H groups in total. The number of halogens is 2. The fourth-order valence-electron chi connectivity index (χ4n) is 2.72. The Morgan fingerprint density at radius 2 is 2.00 bits per heavy atom. The van der Waals surface area contributed by atoms with Crippen molar-refractivity contribution in [2.75, 3.05) is 0 Å². The second-order valence-corrected chi connectivity index (χ2v) is 5.53. The van der Waals surface area contributed by atoms with Crippen molar-refractivity contribution in [3.63, 3.8) is 0 Å². The van der Waals surface area contributed by atoms with E-state index in [1.54, 1.807) is 6.07 Å². The second-order valence-electron chi connectivity index (χ2n) is 5.12. The number of nitrogens with one attached hydrogen (secondary N) is 1. The summed E-state index contributed by atoms with van der Waals surface area (Å²) >= 11 is 6.03. The van der Waals surface area contributed by atoms with E-state index in [0.29, 0.717) is 17.3 Å². The molecular weight excluding hydrogens is 279 g/mol. The molecule has 0 amide bonds. The molecule has 5 heteroatoms. The molecule has 20 heavy (non-hydrogen) atoms. The maximum Gasteiger partial charge on any atom is 0.251 e. The van der Waals surface area contributed by atoms with Crippen molar-refractivity contribution in [1.29, 1.82) is 0 Å². The van der Waals surface area contributed by atoms with Gasteiger partial charge in [-0.05, 0) is 31.0 Å². The maximum atomic E-state index is 13.1. The average molecular weight is 293 g/mol. The second kappa shape index (κ2) is 5.37. The van der Waals surface area contributed by atoms with Gasteiger partial charge in [-0.15, -0.1) is 0 Å². The molecule has 1 saturated carbocycles. The maximum absolute atomic E-state index is 13.1. The van der Waals surface area contributed by atoms with Gasteiger partial charge in [-0.2, -0.15) is 0 Å². The highest BCUT2D eigenvalue weighted by Gasteiger charge is 2.20. The number of H-pyrrole nitrogens is 1. The highest BCUT2D eigenvalue weighted by atomic mass is 35.5. The van der Waals surface area contributed by atoms with E-state index in [1.807, 2.05) is 0 Å². The Labute approximate surface area is 120 Å². The van der Waals surface area contributed by atoms with Crippen LogP contribution in [0.2, 0.25) is 5.02 Å². The van der Waals surface area contributed by atoms with E-state index < -0.39 is 5.82 Å². The van der Waals surface area contributed by atoms with Gasteiger partial charge >= 0.3 is 0 Å². The normalized spacial score (nSPS) is 15.7. The van der Waals surface area contributed by atoms with Crippen molar-refractivity contribution in [1.82, 2.24) is 9.97 Å². The lowest BCUT2D eigenvalue weighted by Gasteiger charge is -2.10. The Balaban J connectivity index is 2.07. The van der Waals surface area contributed by atoms with Crippen LogP contribution in [-0.4, -0.2) is 9.97 Å². The first kappa shape index (κ1) is 13.3. The number of benzene rings is 1. The monoisotopic (exact) mass is 292 g/mol. The third-order valence-corrected chi connectivity index (χ3v) is 4.03. The summed E-state index contributed by atoms with van der Waals surface area (Å²) in [5.74, 6) is 0.340. The van der Waals surface area contributed by atoms with E-state index in [-0.39, 0.29) is 10.6 Å². The first-order valence-electron chi connectivity index (χ1n) is 6.70. The van der Waals surface area contributed by atoms with E-state index in [2.05, 4.69) is 9.97 Å². The van der Waals surface area contributed by atoms with Crippen LogP contribution in [0.5, 0.6) is 0 Å². The molecule has 0 saturated heterocycles. The van der Waals surface area contributed by atoms with Gasteiger partial charge < -0.3 is 4.98 Å². The minimum atomic E-state index is -0.409. The molecule has 0 unspecified atom stereocenters. The van der Waals surface area contributed by atoms with Gasteiger partial charge in [0, 0.05) is 17.5 Å². The van der Waals surface area contributed by atoms with Crippen LogP contribution in [0.4, 0.5) is 4.39 Å². The number of aromatic amines is 1. The van der Waals surface area contributed by atoms with Crippen LogP contribution >= 0.6 is 11.6 Å². The van der Waals surface area contributed by atoms with Crippen LogP contribution in [0.25, 0.3) is 11.4 Å². The molecule has 0 radical (unpaired) electrons. The minimum absolute atomic E-state index is 0.197. The molecule has 104 valence electrons. The SMILES string of the molecule is O=c1cc(C2CCCC2)nc(-c2ccc(F)cc2Cl)[nH]1. The van der Waals surface area contributed by atoms with Crippen LogP contribution < -0.4 is 5.56 Å². The number of nitrogens with zero attached hydrogens (tertiary/aromatic N) is 1. The van der Waals surface area contributed by atoms with Gasteiger partial charge in [-0.1, -0.05) is 24.4 Å². The van der Waals surface area contributed by atoms with E-state index in [9.17, 15) is 9.18 Å². The summed E-state index contributed by atoms with van der Waals surface area (Å²) in [4.78, 5) is 19.0. The lowest BCUT2D eigenvalue weighted by molar-refractivity contribution is 0.628. The molecule has 3 rings (SSSR count). The molecular formula is C15H14ClFN2O. The van der Waals surface area contributed by atoms with Crippen LogP contribution in [0.3, 0.4) is 0 Å². The van der Waals surface area contributed by atoms with Gasteiger partial charge in [0.2, 0.25) is 0 Å². The number of hydrogen-bond donors (Lipinski definition) is 1. The van der Waals surface area contributed by atoms with Crippen molar-refractivity contribution < 1.29 is 4.39 Å². The first-order chi connectivity index (χ1) is 9.63. The largest absolute Gasteiger partial charge is 0.306 e. The highest BCUT2D eigenvalue weighted by Crippen LogP contribution is 2.33. The molecule has 1 heterocycles. The summed E-state index contributed by atoms with van der Waals surface area (Å²) in [5.41, 5.74) is 1.16. The van der Waals surface area contributed by atoms with E-state index >= 15 is 0 Å². The van der Waals surface area contributed by atoms with Crippen LogP contribution in [-0.2, 0) is 0 Å². The number of rotatable bonds is 2. The van der Waals surface area contributed by atoms with Crippen LogP contribution in [0, 0.1) is 5.82 Å². The number of aromatic nitrogens is 2. The topological polar surface area (TPSA) is 45.8 Å². The van der Waals surface area contributed by atoms with Crippen LogP contribution in [0.15, 0.2) is 29.1 Å². The minimum Gasteiger partial charge on any atom is -0.306 e. The lowest BCUT2D eigenvalue weighted by atomic mass is 10.0. The summed E-state index contributed by atoms with van der Waals surface area (Å²) in [7, 11) is 0. The molecule has 1 aliphatic rings. The predicted molar refractivity (Wildman–Crippen MR) is 76.5 cm³/mol. The molecule has 0 aliphatic heterocycles. The third kappa shape index (κ3) is 2.61. The van der Waals surface area contributed by atoms with Gasteiger partial charge in [-0.25, -0.2) is 9.37 Å². The van der Waals surface area contributed by atoms with E-state index in [0.717, 1.165) is 18.5 Å². The average Bonchev–Trinajstić information content (AvgIpc) is 2.91. The Bertz CT molecular complexity index is 693. The van der Waals surface area contributed by atoms with Crippen molar-refractivity contribution in [3.05, 3.63) is 51.2 Å². The smallest absolute Gasteiger partial charge is 0.251 e. The highest BCUT2D eigenvalue weighted by molar-refractivity contribution is 6.33. The zero-order valence-corrected chi connectivity index (χ0v) is 11.6.